The Morgan fingerprint density at radius 3 is 2.78 bits per heavy atom. The van der Waals surface area contributed by atoms with Gasteiger partial charge >= 0.3 is 0 Å². The second-order valence-corrected chi connectivity index (χ2v) is 5.72. The lowest BCUT2D eigenvalue weighted by atomic mass is 9.97. The van der Waals surface area contributed by atoms with E-state index in [1.165, 1.54) is 0 Å². The van der Waals surface area contributed by atoms with Gasteiger partial charge < -0.3 is 15.0 Å². The molecule has 1 amide bonds. The first-order valence-corrected chi connectivity index (χ1v) is 7.29. The summed E-state index contributed by atoms with van der Waals surface area (Å²) >= 11 is 0. The zero-order valence-electron chi connectivity index (χ0n) is 11.9. The van der Waals surface area contributed by atoms with E-state index in [-0.39, 0.29) is 5.91 Å². The summed E-state index contributed by atoms with van der Waals surface area (Å²) in [5, 5.41) is 3.52. The third-order valence-electron chi connectivity index (χ3n) is 4.40. The largest absolute Gasteiger partial charge is 0.365 e. The van der Waals surface area contributed by atoms with Crippen LogP contribution in [-0.2, 0) is 9.53 Å². The molecule has 3 unspecified atom stereocenters. The van der Waals surface area contributed by atoms with Crippen molar-refractivity contribution in [2.24, 2.45) is 0 Å². The minimum Gasteiger partial charge on any atom is -0.365 e. The maximum absolute atomic E-state index is 12.7. The molecule has 2 aliphatic heterocycles. The number of carbonyl (C=O) groups excluding carboxylic acids is 1. The zero-order chi connectivity index (χ0) is 13.2. The van der Waals surface area contributed by atoms with Crippen molar-refractivity contribution in [1.82, 2.24) is 10.2 Å². The number of nitrogens with one attached hydrogen (secondary N) is 1. The van der Waals surface area contributed by atoms with E-state index in [0.717, 1.165) is 45.4 Å². The Balaban J connectivity index is 2.09. The van der Waals surface area contributed by atoms with Crippen molar-refractivity contribution in [2.45, 2.75) is 64.1 Å². The van der Waals surface area contributed by atoms with Crippen LogP contribution in [0.4, 0.5) is 0 Å². The molecule has 2 saturated heterocycles. The first-order chi connectivity index (χ1) is 8.60. The Morgan fingerprint density at radius 2 is 2.22 bits per heavy atom. The fourth-order valence-corrected chi connectivity index (χ4v) is 3.00. The Bertz CT molecular complexity index is 300. The second-order valence-electron chi connectivity index (χ2n) is 5.72. The van der Waals surface area contributed by atoms with Crippen LogP contribution < -0.4 is 5.32 Å². The molecule has 2 fully saturated rings. The monoisotopic (exact) mass is 254 g/mol. The molecule has 0 bridgehead atoms. The van der Waals surface area contributed by atoms with Gasteiger partial charge in [-0.15, -0.1) is 0 Å². The van der Waals surface area contributed by atoms with Crippen molar-refractivity contribution in [3.8, 4) is 0 Å². The molecule has 0 aromatic rings. The molecule has 3 atom stereocenters. The molecule has 4 heteroatoms. The molecule has 0 saturated carbocycles. The molecule has 0 spiro atoms. The fraction of sp³-hybridized carbons (Fsp3) is 0.929. The van der Waals surface area contributed by atoms with E-state index in [1.54, 1.807) is 0 Å². The normalized spacial score (nSPS) is 36.9. The highest BCUT2D eigenvalue weighted by Gasteiger charge is 2.43. The van der Waals surface area contributed by atoms with Crippen molar-refractivity contribution in [1.29, 1.82) is 0 Å². The lowest BCUT2D eigenvalue weighted by Crippen LogP contribution is -2.61. The van der Waals surface area contributed by atoms with Gasteiger partial charge in [-0.05, 0) is 32.6 Å². The molecule has 0 aromatic heterocycles. The Kier molecular flexibility index (Phi) is 4.28. The van der Waals surface area contributed by atoms with E-state index in [0.29, 0.717) is 12.1 Å². The quantitative estimate of drug-likeness (QED) is 0.831. The molecular formula is C14H26N2O2. The molecule has 104 valence electrons. The molecule has 2 rings (SSSR count). The van der Waals surface area contributed by atoms with E-state index in [1.807, 2.05) is 6.92 Å². The Labute approximate surface area is 110 Å². The van der Waals surface area contributed by atoms with Crippen molar-refractivity contribution in [3.63, 3.8) is 0 Å². The van der Waals surface area contributed by atoms with Gasteiger partial charge in [0.25, 0.3) is 5.91 Å². The van der Waals surface area contributed by atoms with Gasteiger partial charge in [-0.1, -0.05) is 13.8 Å². The van der Waals surface area contributed by atoms with Crippen LogP contribution in [0.15, 0.2) is 0 Å². The van der Waals surface area contributed by atoms with Crippen LogP contribution in [0, 0.1) is 0 Å². The summed E-state index contributed by atoms with van der Waals surface area (Å²) in [6, 6.07) is 0.753. The summed E-state index contributed by atoms with van der Waals surface area (Å²) in [7, 11) is 0. The van der Waals surface area contributed by atoms with Crippen LogP contribution in [0.1, 0.15) is 46.5 Å². The van der Waals surface area contributed by atoms with Gasteiger partial charge in [0, 0.05) is 31.8 Å². The molecule has 18 heavy (non-hydrogen) atoms. The first-order valence-electron chi connectivity index (χ1n) is 7.29. The molecular weight excluding hydrogens is 228 g/mol. The SMILES string of the molecule is CCC1CN(C(=O)C2(C)CCCO2)C(CC)CN1. The van der Waals surface area contributed by atoms with Crippen molar-refractivity contribution >= 4 is 5.91 Å². The van der Waals surface area contributed by atoms with Crippen LogP contribution >= 0.6 is 0 Å². The standard InChI is InChI=1S/C14H26N2O2/c1-4-11-10-16(12(5-2)9-15-11)13(17)14(3)7-6-8-18-14/h11-12,15H,4-10H2,1-3H3. The van der Waals surface area contributed by atoms with Crippen molar-refractivity contribution in [3.05, 3.63) is 0 Å². The van der Waals surface area contributed by atoms with Crippen molar-refractivity contribution < 1.29 is 9.53 Å². The summed E-state index contributed by atoms with van der Waals surface area (Å²) in [4.78, 5) is 14.8. The molecule has 0 aliphatic carbocycles. The fourth-order valence-electron chi connectivity index (χ4n) is 3.00. The lowest BCUT2D eigenvalue weighted by molar-refractivity contribution is -0.155. The van der Waals surface area contributed by atoms with Gasteiger partial charge in [0.05, 0.1) is 0 Å². The average Bonchev–Trinajstić information content (AvgIpc) is 2.85. The Hall–Kier alpha value is -0.610. The smallest absolute Gasteiger partial charge is 0.254 e. The highest BCUT2D eigenvalue weighted by atomic mass is 16.5. The maximum atomic E-state index is 12.7. The summed E-state index contributed by atoms with van der Waals surface area (Å²) in [5.41, 5.74) is -0.566. The number of hydrogen-bond acceptors (Lipinski definition) is 3. The van der Waals surface area contributed by atoms with Gasteiger partial charge in [-0.3, -0.25) is 4.79 Å². The number of ether oxygens (including phenoxy) is 1. The molecule has 0 radical (unpaired) electrons. The number of carbonyl (C=O) groups is 1. The van der Waals surface area contributed by atoms with Gasteiger partial charge in [0.15, 0.2) is 0 Å². The van der Waals surface area contributed by atoms with Crippen LogP contribution in [0.3, 0.4) is 0 Å². The summed E-state index contributed by atoms with van der Waals surface area (Å²) in [5.74, 6) is 0.201. The second kappa shape index (κ2) is 5.57. The minimum absolute atomic E-state index is 0.201. The highest BCUT2D eigenvalue weighted by Crippen LogP contribution is 2.29. The summed E-state index contributed by atoms with van der Waals surface area (Å²) in [6.45, 7) is 8.74. The van der Waals surface area contributed by atoms with E-state index >= 15 is 0 Å². The van der Waals surface area contributed by atoms with Crippen molar-refractivity contribution in [2.75, 3.05) is 19.7 Å². The van der Waals surface area contributed by atoms with E-state index in [9.17, 15) is 4.79 Å². The molecule has 1 N–H and O–H groups in total. The molecule has 0 aromatic carbocycles. The minimum atomic E-state index is -0.566. The Morgan fingerprint density at radius 1 is 1.44 bits per heavy atom. The van der Waals surface area contributed by atoms with Crippen LogP contribution in [0.5, 0.6) is 0 Å². The van der Waals surface area contributed by atoms with Gasteiger partial charge in [-0.25, -0.2) is 0 Å². The molecule has 4 nitrogen and oxygen atoms in total. The number of hydrogen-bond donors (Lipinski definition) is 1. The van der Waals surface area contributed by atoms with E-state index in [4.69, 9.17) is 4.74 Å². The third-order valence-corrected chi connectivity index (χ3v) is 4.40. The zero-order valence-corrected chi connectivity index (χ0v) is 11.9. The number of rotatable bonds is 3. The predicted octanol–water partition coefficient (Wildman–Crippen LogP) is 1.54. The first kappa shape index (κ1) is 13.8. The van der Waals surface area contributed by atoms with Gasteiger partial charge in [0.1, 0.15) is 5.60 Å². The topological polar surface area (TPSA) is 41.6 Å². The van der Waals surface area contributed by atoms with Crippen LogP contribution in [0.2, 0.25) is 0 Å². The molecule has 2 heterocycles. The number of nitrogens with zero attached hydrogens (tertiary/aromatic N) is 1. The third kappa shape index (κ3) is 2.54. The van der Waals surface area contributed by atoms with Gasteiger partial charge in [0.2, 0.25) is 0 Å². The highest BCUT2D eigenvalue weighted by molar-refractivity contribution is 5.85. The van der Waals surface area contributed by atoms with Crippen LogP contribution in [0.25, 0.3) is 0 Å². The summed E-state index contributed by atoms with van der Waals surface area (Å²) < 4.78 is 5.71. The number of amides is 1. The lowest BCUT2D eigenvalue weighted by Gasteiger charge is -2.43. The maximum Gasteiger partial charge on any atom is 0.254 e. The summed E-state index contributed by atoms with van der Waals surface area (Å²) in [6.07, 6.45) is 3.94. The average molecular weight is 254 g/mol. The van der Waals surface area contributed by atoms with Crippen LogP contribution in [-0.4, -0.2) is 48.2 Å². The van der Waals surface area contributed by atoms with Gasteiger partial charge in [-0.2, -0.15) is 0 Å². The van der Waals surface area contributed by atoms with E-state index in [2.05, 4.69) is 24.1 Å². The number of piperazine rings is 1. The predicted molar refractivity (Wildman–Crippen MR) is 71.5 cm³/mol. The molecule has 2 aliphatic rings. The van der Waals surface area contributed by atoms with E-state index < -0.39 is 5.60 Å².